The first-order valence-corrected chi connectivity index (χ1v) is 19.9. The summed E-state index contributed by atoms with van der Waals surface area (Å²) >= 11 is 0. The molecular weight excluding hydrogens is 788 g/mol. The van der Waals surface area contributed by atoms with E-state index in [1.54, 1.807) is 0 Å². The predicted molar refractivity (Wildman–Crippen MR) is 199 cm³/mol. The number of azide groups is 2. The van der Waals surface area contributed by atoms with E-state index < -0.39 is 33.4 Å². The van der Waals surface area contributed by atoms with Gasteiger partial charge in [0.25, 0.3) is 27.5 Å². The maximum absolute atomic E-state index is 11.4. The van der Waals surface area contributed by atoms with E-state index in [4.69, 9.17) is 27.0 Å². The summed E-state index contributed by atoms with van der Waals surface area (Å²) in [7, 11) is -6.38. The summed E-state index contributed by atoms with van der Waals surface area (Å²) in [5, 5.41) is 27.9. The molecule has 26 heteroatoms. The van der Waals surface area contributed by atoms with Crippen molar-refractivity contribution in [2.75, 3.05) is 66.8 Å². The summed E-state index contributed by atoms with van der Waals surface area (Å²) in [5.74, 6) is -2.29. The molecule has 0 spiro atoms. The Hall–Kier alpha value is -3.20. The van der Waals surface area contributed by atoms with E-state index in [1.165, 1.54) is 0 Å². The first kappa shape index (κ1) is 59.5. The van der Waals surface area contributed by atoms with Crippen molar-refractivity contribution in [2.24, 2.45) is 27.8 Å². The second-order valence-electron chi connectivity index (χ2n) is 11.2. The number of phosphoric acid groups is 2. The maximum atomic E-state index is 11.4. The molecule has 0 saturated carbocycles. The third-order valence-electron chi connectivity index (χ3n) is 6.95. The second-order valence-corrected chi connectivity index (χ2v) is 14.3. The molecule has 0 aromatic rings. The Bertz CT molecular complexity index is 1270. The summed E-state index contributed by atoms with van der Waals surface area (Å²) in [6, 6.07) is 0. The molecule has 0 aromatic heterocycles. The van der Waals surface area contributed by atoms with Crippen LogP contribution in [0.25, 0.3) is 20.9 Å². The van der Waals surface area contributed by atoms with Crippen molar-refractivity contribution >= 4 is 39.3 Å². The second kappa shape index (κ2) is 37.4. The molecule has 1 aliphatic heterocycles. The summed E-state index contributed by atoms with van der Waals surface area (Å²) in [4.78, 5) is 76.2. The van der Waals surface area contributed by atoms with Crippen LogP contribution in [0.5, 0.6) is 0 Å². The first-order chi connectivity index (χ1) is 25.6. The minimum absolute atomic E-state index is 0. The lowest BCUT2D eigenvalue weighted by Crippen LogP contribution is -2.32. The molecular formula is C30H61N9O15P2-2. The minimum Gasteiger partial charge on any atom is -0.756 e. The standard InChI is InChI=1S/C12H25N4O6P.C8H10N4O4.C8H20NO5P.2CH4/c1-21-23(19,20)22-10-11(9-17)5-2-3-7-14-12(18)6-4-8-15-16-13;9-11-10-5-1-2-8(15)16-12-6(13)3-4-7(12)14;1-13-15(11,12)14-7-8(6-10)4-2-3-5-9;;/h11,17H,2-10H2,1H3,(H,14,18)(H,19,20);1-5H2;8,10H,2-7,9H2,1H3,(H,11,12);2*1H4/p-2. The normalized spacial score (nSPS) is 14.9. The van der Waals surface area contributed by atoms with Crippen LogP contribution < -0.4 is 20.8 Å². The fourth-order valence-corrected chi connectivity index (χ4v) is 4.90. The van der Waals surface area contributed by atoms with Gasteiger partial charge in [0, 0.05) is 94.4 Å². The zero-order valence-electron chi connectivity index (χ0n) is 30.6. The molecule has 0 radical (unpaired) electrons. The number of unbranched alkanes of at least 4 members (excludes halogenated alkanes) is 2. The monoisotopic (exact) mass is 849 g/mol. The van der Waals surface area contributed by atoms with Crippen molar-refractivity contribution < 1.29 is 71.2 Å². The lowest BCUT2D eigenvalue weighted by Gasteiger charge is -2.23. The average Bonchev–Trinajstić information content (AvgIpc) is 3.47. The highest BCUT2D eigenvalue weighted by Gasteiger charge is 2.32. The number of carbonyl (C=O) groups excluding carboxylic acids is 4. The van der Waals surface area contributed by atoms with Crippen molar-refractivity contribution in [2.45, 2.75) is 91.9 Å². The molecule has 24 nitrogen and oxygen atoms in total. The maximum Gasteiger partial charge on any atom is 0.333 e. The number of amides is 3. The van der Waals surface area contributed by atoms with E-state index in [2.05, 4.69) is 48.3 Å². The smallest absolute Gasteiger partial charge is 0.333 e. The molecule has 0 aromatic carbocycles. The van der Waals surface area contributed by atoms with Gasteiger partial charge in [-0.15, -0.1) is 5.06 Å². The highest BCUT2D eigenvalue weighted by atomic mass is 31.2. The zero-order valence-corrected chi connectivity index (χ0v) is 32.4. The number of phosphoric ester groups is 2. The van der Waals surface area contributed by atoms with Crippen LogP contribution in [-0.4, -0.2) is 106 Å². The highest BCUT2D eigenvalue weighted by Crippen LogP contribution is 2.38. The van der Waals surface area contributed by atoms with Gasteiger partial charge in [-0.25, -0.2) is 4.79 Å². The van der Waals surface area contributed by atoms with E-state index in [1.807, 2.05) is 0 Å². The number of nitrogens with zero attached hydrogens (tertiary/aromatic N) is 7. The fraction of sp³-hybridized carbons (Fsp3) is 0.867. The van der Waals surface area contributed by atoms with Gasteiger partial charge in [-0.2, -0.15) is 0 Å². The lowest BCUT2D eigenvalue weighted by molar-refractivity contribution is -0.225. The minimum atomic E-state index is -4.26. The van der Waals surface area contributed by atoms with Crippen LogP contribution >= 0.6 is 15.6 Å². The molecule has 4 atom stereocenters. The Morgan fingerprint density at radius 3 is 1.70 bits per heavy atom. The van der Waals surface area contributed by atoms with E-state index >= 15 is 0 Å². The van der Waals surface area contributed by atoms with Crippen molar-refractivity contribution in [1.29, 1.82) is 0 Å². The van der Waals surface area contributed by atoms with Gasteiger partial charge in [-0.05, 0) is 56.1 Å². The van der Waals surface area contributed by atoms with Gasteiger partial charge in [0.15, 0.2) is 0 Å². The number of imide groups is 1. The lowest BCUT2D eigenvalue weighted by atomic mass is 10.0. The molecule has 1 fully saturated rings. The van der Waals surface area contributed by atoms with Crippen molar-refractivity contribution in [1.82, 2.24) is 10.4 Å². The van der Waals surface area contributed by atoms with Crippen LogP contribution in [-0.2, 0) is 51.2 Å². The van der Waals surface area contributed by atoms with Crippen molar-refractivity contribution in [3.05, 3.63) is 20.9 Å². The average molecular weight is 850 g/mol. The zero-order chi connectivity index (χ0) is 41.3. The van der Waals surface area contributed by atoms with Gasteiger partial charge in [0.1, 0.15) is 0 Å². The molecule has 328 valence electrons. The molecule has 0 aliphatic carbocycles. The van der Waals surface area contributed by atoms with Crippen LogP contribution in [0.3, 0.4) is 0 Å². The Balaban J connectivity index is -0.000000366. The molecule has 1 saturated heterocycles. The van der Waals surface area contributed by atoms with Crippen LogP contribution in [0.2, 0.25) is 0 Å². The van der Waals surface area contributed by atoms with E-state index in [9.17, 15) is 38.1 Å². The van der Waals surface area contributed by atoms with E-state index in [0.717, 1.165) is 27.1 Å². The van der Waals surface area contributed by atoms with Crippen LogP contribution in [0.15, 0.2) is 10.2 Å². The van der Waals surface area contributed by atoms with Gasteiger partial charge in [0.2, 0.25) is 5.91 Å². The number of nitrogens with two attached hydrogens (primary N) is 1. The van der Waals surface area contributed by atoms with Gasteiger partial charge < -0.3 is 54.0 Å². The Kier molecular flexibility index (Phi) is 39.7. The molecule has 1 aliphatic rings. The number of nitrogens with one attached hydrogen (secondary N) is 1. The van der Waals surface area contributed by atoms with Crippen molar-refractivity contribution in [3.8, 4) is 0 Å². The Labute approximate surface area is 328 Å². The SMILES string of the molecule is C.C.COP(=O)([O-])OCC(CO)CCCCN.COP(=O)([O-])OCC(CO)CCCCNC(=O)CCCN=[N+]=[N-].[N-]=[N+]=NCCCC(=O)ON1C(=O)CCC1=O. The third-order valence-corrected chi connectivity index (χ3v) is 8.78. The van der Waals surface area contributed by atoms with E-state index in [-0.39, 0.29) is 84.8 Å². The molecule has 1 rings (SSSR count). The van der Waals surface area contributed by atoms with Crippen molar-refractivity contribution in [3.63, 3.8) is 0 Å². The van der Waals surface area contributed by atoms with Gasteiger partial charge >= 0.3 is 5.97 Å². The van der Waals surface area contributed by atoms with Gasteiger partial charge in [-0.1, -0.05) is 37.9 Å². The summed E-state index contributed by atoms with van der Waals surface area (Å²) < 4.78 is 39.3. The molecule has 0 bridgehead atoms. The fourth-order valence-electron chi connectivity index (χ4n) is 3.90. The molecule has 56 heavy (non-hydrogen) atoms. The molecule has 1 heterocycles. The highest BCUT2D eigenvalue weighted by molar-refractivity contribution is 7.46. The molecule has 3 amide bonds. The summed E-state index contributed by atoms with van der Waals surface area (Å²) in [6.45, 7) is 1.10. The summed E-state index contributed by atoms with van der Waals surface area (Å²) in [6.07, 6.45) is 5.67. The summed E-state index contributed by atoms with van der Waals surface area (Å²) in [5.41, 5.74) is 21.4. The van der Waals surface area contributed by atoms with Crippen LogP contribution in [0.4, 0.5) is 0 Å². The topological polar surface area (TPSA) is 374 Å². The van der Waals surface area contributed by atoms with Gasteiger partial charge in [-0.3, -0.25) is 23.5 Å². The quantitative estimate of drug-likeness (QED) is 0.0219. The van der Waals surface area contributed by atoms with Crippen LogP contribution in [0.1, 0.15) is 91.9 Å². The van der Waals surface area contributed by atoms with Gasteiger partial charge in [0.05, 0.1) is 13.2 Å². The predicted octanol–water partition coefficient (Wildman–Crippen LogP) is 2.91. The first-order valence-electron chi connectivity index (χ1n) is 16.9. The van der Waals surface area contributed by atoms with Crippen LogP contribution in [0, 0.1) is 11.8 Å². The number of hydrogen-bond donors (Lipinski definition) is 4. The number of aliphatic hydroxyl groups excluding tert-OH is 2. The Morgan fingerprint density at radius 2 is 1.29 bits per heavy atom. The molecule has 4 unspecified atom stereocenters. The Morgan fingerprint density at radius 1 is 0.839 bits per heavy atom. The largest absolute Gasteiger partial charge is 0.756 e. The number of aliphatic hydroxyl groups is 2. The number of hydroxylamine groups is 2. The van der Waals surface area contributed by atoms with E-state index in [0.29, 0.717) is 69.6 Å². The number of carbonyl (C=O) groups is 4. The number of hydrogen-bond acceptors (Lipinski definition) is 18. The number of rotatable bonds is 28. The third kappa shape index (κ3) is 34.1. The molecule has 5 N–H and O–H groups in total.